The molecule has 13 heteroatoms. The van der Waals surface area contributed by atoms with Crippen LogP contribution in [0.1, 0.15) is 27.9 Å². The van der Waals surface area contributed by atoms with E-state index in [-0.39, 0.29) is 22.6 Å². The van der Waals surface area contributed by atoms with Crippen LogP contribution < -0.4 is 21.5 Å². The minimum atomic E-state index is -1.43. The van der Waals surface area contributed by atoms with Crippen molar-refractivity contribution in [3.8, 4) is 0 Å². The fraction of sp³-hybridized carbons (Fsp3) is 0.318. The summed E-state index contributed by atoms with van der Waals surface area (Å²) in [5.74, 6) is -2.50. The lowest BCUT2D eigenvalue weighted by atomic mass is 10.1. The molecule has 1 atom stereocenters. The van der Waals surface area contributed by atoms with E-state index in [0.717, 1.165) is 6.08 Å². The number of aromatic nitrogens is 3. The number of allylic oxidation sites excluding steroid dienone is 1. The summed E-state index contributed by atoms with van der Waals surface area (Å²) in [4.78, 5) is 55.4. The van der Waals surface area contributed by atoms with Gasteiger partial charge in [0.2, 0.25) is 11.3 Å². The lowest BCUT2D eigenvalue weighted by Crippen LogP contribution is -2.62. The molecule has 0 saturated carbocycles. The van der Waals surface area contributed by atoms with Gasteiger partial charge in [0.1, 0.15) is 23.0 Å². The predicted molar refractivity (Wildman–Crippen MR) is 128 cm³/mol. The number of hydrogen-bond donors (Lipinski definition) is 2. The molecule has 2 aromatic heterocycles. The number of likely N-dealkylation sites (tertiary alicyclic amines) is 1. The van der Waals surface area contributed by atoms with Crippen LogP contribution in [0.15, 0.2) is 51.3 Å². The molecule has 0 radical (unpaired) electrons. The third-order valence-corrected chi connectivity index (χ3v) is 6.05. The molecule has 1 fully saturated rings. The van der Waals surface area contributed by atoms with Gasteiger partial charge in [-0.05, 0) is 31.4 Å². The van der Waals surface area contributed by atoms with E-state index in [4.69, 9.17) is 0 Å². The monoisotopic (exact) mass is 499 g/mol. The van der Waals surface area contributed by atoms with E-state index in [1.54, 1.807) is 12.3 Å². The highest BCUT2D eigenvalue weighted by Gasteiger charge is 2.34. The molecule has 0 aliphatic carbocycles. The van der Waals surface area contributed by atoms with Crippen molar-refractivity contribution < 1.29 is 19.1 Å². The largest absolute Gasteiger partial charge is 0.477 e. The van der Waals surface area contributed by atoms with Gasteiger partial charge in [0.15, 0.2) is 5.17 Å². The van der Waals surface area contributed by atoms with Crippen molar-refractivity contribution in [1.82, 2.24) is 24.8 Å². The number of halogens is 1. The molecule has 11 nitrogen and oxygen atoms in total. The normalized spacial score (nSPS) is 18.3. The van der Waals surface area contributed by atoms with Crippen LogP contribution >= 0.6 is 11.8 Å². The van der Waals surface area contributed by atoms with Crippen molar-refractivity contribution >= 4 is 34.9 Å². The molecule has 0 bridgehead atoms. The van der Waals surface area contributed by atoms with Crippen molar-refractivity contribution in [1.29, 1.82) is 0 Å². The van der Waals surface area contributed by atoms with Gasteiger partial charge >= 0.3 is 5.97 Å². The molecule has 1 unspecified atom stereocenters. The predicted octanol–water partition coefficient (Wildman–Crippen LogP) is -0.369. The number of carboxylic acids is 1. The third kappa shape index (κ3) is 5.05. The second kappa shape index (κ2) is 10.3. The molecule has 2 aliphatic heterocycles. The molecule has 4 heterocycles. The number of carbonyl (C=O) groups excluding carboxylic acids is 1. The topological polar surface area (TPSA) is 142 Å². The van der Waals surface area contributed by atoms with Gasteiger partial charge in [0.25, 0.3) is 5.91 Å². The number of carbonyl (C=O) groups is 2. The van der Waals surface area contributed by atoms with Crippen LogP contribution in [-0.4, -0.2) is 79.7 Å². The second-order valence-electron chi connectivity index (χ2n) is 7.68. The number of hydrogen-bond acceptors (Lipinski definition) is 9. The molecule has 2 aliphatic rings. The molecule has 1 saturated heterocycles. The first-order valence-corrected chi connectivity index (χ1v) is 11.9. The Morgan fingerprint density at radius 2 is 2.03 bits per heavy atom. The van der Waals surface area contributed by atoms with Crippen molar-refractivity contribution in [2.24, 2.45) is 9.98 Å². The number of thioether (sulfide) groups is 1. The number of carboxylic acid groups (broad SMARTS) is 1. The number of aromatic carboxylic acids is 1. The van der Waals surface area contributed by atoms with Gasteiger partial charge in [-0.2, -0.15) is 0 Å². The lowest BCUT2D eigenvalue weighted by Gasteiger charge is -2.41. The summed E-state index contributed by atoms with van der Waals surface area (Å²) in [7, 11) is 0. The van der Waals surface area contributed by atoms with Crippen molar-refractivity contribution in [3.05, 3.63) is 68.9 Å². The van der Waals surface area contributed by atoms with Gasteiger partial charge in [0, 0.05) is 38.2 Å². The molecule has 0 spiro atoms. The Balaban J connectivity index is 1.68. The molecule has 35 heavy (non-hydrogen) atoms. The first-order valence-electron chi connectivity index (χ1n) is 10.7. The summed E-state index contributed by atoms with van der Waals surface area (Å²) < 4.78 is 16.2. The summed E-state index contributed by atoms with van der Waals surface area (Å²) in [5.41, 5.74) is -1.22. The Morgan fingerprint density at radius 3 is 2.66 bits per heavy atom. The molecular weight excluding hydrogens is 477 g/mol. The Labute approximate surface area is 202 Å². The van der Waals surface area contributed by atoms with Gasteiger partial charge in [-0.25, -0.2) is 24.1 Å². The van der Waals surface area contributed by atoms with Crippen LogP contribution in [0.25, 0.3) is 6.08 Å². The highest BCUT2D eigenvalue weighted by Crippen LogP contribution is 2.17. The van der Waals surface area contributed by atoms with Crippen LogP contribution in [0.3, 0.4) is 0 Å². The zero-order valence-corrected chi connectivity index (χ0v) is 19.7. The molecule has 2 N–H and O–H groups in total. The van der Waals surface area contributed by atoms with Crippen LogP contribution in [0, 0.1) is 0 Å². The van der Waals surface area contributed by atoms with E-state index >= 15 is 0 Å². The number of fused-ring (bicyclic) bond motifs is 1. The van der Waals surface area contributed by atoms with Gasteiger partial charge < -0.3 is 10.4 Å². The first-order chi connectivity index (χ1) is 16.8. The highest BCUT2D eigenvalue weighted by atomic mass is 32.2. The Hall–Kier alpha value is -3.71. The fourth-order valence-corrected chi connectivity index (χ4v) is 4.32. The number of rotatable bonds is 5. The van der Waals surface area contributed by atoms with E-state index in [1.807, 2.05) is 11.8 Å². The summed E-state index contributed by atoms with van der Waals surface area (Å²) in [5, 5.41) is 12.6. The Morgan fingerprint density at radius 1 is 1.31 bits per heavy atom. The third-order valence-electron chi connectivity index (χ3n) is 5.36. The smallest absolute Gasteiger partial charge is 0.341 e. The summed E-state index contributed by atoms with van der Waals surface area (Å²) in [6.07, 6.45) is 7.35. The second-order valence-corrected chi connectivity index (χ2v) is 8.45. The minimum Gasteiger partial charge on any atom is -0.477 e. The van der Waals surface area contributed by atoms with Gasteiger partial charge in [-0.15, -0.1) is 0 Å². The highest BCUT2D eigenvalue weighted by molar-refractivity contribution is 8.13. The number of amides is 1. The van der Waals surface area contributed by atoms with Crippen LogP contribution in [0.5, 0.6) is 0 Å². The van der Waals surface area contributed by atoms with Crippen LogP contribution in [0.4, 0.5) is 4.39 Å². The van der Waals surface area contributed by atoms with Gasteiger partial charge in [-0.3, -0.25) is 24.0 Å². The maximum atomic E-state index is 14.8. The van der Waals surface area contributed by atoms with E-state index < -0.39 is 34.9 Å². The van der Waals surface area contributed by atoms with E-state index in [2.05, 4.69) is 25.3 Å². The quantitative estimate of drug-likeness (QED) is 0.419. The van der Waals surface area contributed by atoms with Gasteiger partial charge in [0.05, 0.1) is 11.3 Å². The first kappa shape index (κ1) is 24.4. The standard InChI is InChI=1S/C22H22FN7O4S/c1-3-24-22(35-2)30-11-15(21(33)34)17(31)14-7-12(23)8-16(28-19(14)30)29-9-13(10-29)27-20(32)18-25-5-4-6-26-18/h4-8,11,13,16H,3,9-10H2,1-2H3,(H,27,32)(H,33,34)/b24-22-. The molecule has 4 rings (SSSR count). The lowest BCUT2D eigenvalue weighted by molar-refractivity contribution is 0.0691. The van der Waals surface area contributed by atoms with Crippen molar-refractivity contribution in [2.75, 3.05) is 25.9 Å². The summed E-state index contributed by atoms with van der Waals surface area (Å²) >= 11 is 1.25. The molecule has 2 aromatic rings. The van der Waals surface area contributed by atoms with E-state index in [1.165, 1.54) is 41.0 Å². The van der Waals surface area contributed by atoms with E-state index in [0.29, 0.717) is 24.8 Å². The number of aliphatic imine (C=N–C) groups is 1. The number of pyridine rings is 1. The van der Waals surface area contributed by atoms with Crippen LogP contribution in [0.2, 0.25) is 0 Å². The van der Waals surface area contributed by atoms with Crippen molar-refractivity contribution in [2.45, 2.75) is 19.1 Å². The number of nitrogens with one attached hydrogen (secondary N) is 1. The zero-order valence-electron chi connectivity index (χ0n) is 18.9. The average molecular weight is 500 g/mol. The maximum Gasteiger partial charge on any atom is 0.341 e. The minimum absolute atomic E-state index is 0.0534. The SMILES string of the molecule is CC/N=C(\SC)n1cc(C(=O)O)c(=O)c2c1=NC(N1CC(NC(=O)c3ncccn3)C1)C=C(F)C=2. The average Bonchev–Trinajstić information content (AvgIpc) is 2.99. The van der Waals surface area contributed by atoms with Gasteiger partial charge in [-0.1, -0.05) is 11.8 Å². The molecule has 0 aromatic carbocycles. The summed E-state index contributed by atoms with van der Waals surface area (Å²) in [6, 6.07) is 1.39. The number of nitrogens with zero attached hydrogens (tertiary/aromatic N) is 6. The molecule has 1 amide bonds. The van der Waals surface area contributed by atoms with E-state index in [9.17, 15) is 23.9 Å². The van der Waals surface area contributed by atoms with Crippen molar-refractivity contribution in [3.63, 3.8) is 0 Å². The molecular formula is C22H22FN7O4S. The fourth-order valence-electron chi connectivity index (χ4n) is 3.72. The zero-order chi connectivity index (χ0) is 25.1. The maximum absolute atomic E-state index is 14.8. The summed E-state index contributed by atoms with van der Waals surface area (Å²) in [6.45, 7) is 2.99. The Kier molecular flexibility index (Phi) is 7.17. The Bertz CT molecular complexity index is 1400. The van der Waals surface area contributed by atoms with Crippen LogP contribution in [-0.2, 0) is 0 Å². The molecule has 182 valence electrons.